The lowest BCUT2D eigenvalue weighted by molar-refractivity contribution is 0.0704. The van der Waals surface area contributed by atoms with Crippen LogP contribution in [0.15, 0.2) is 60.1 Å². The van der Waals surface area contributed by atoms with Crippen LogP contribution in [0, 0.1) is 0 Å². The second-order valence-corrected chi connectivity index (χ2v) is 9.06. The smallest absolute Gasteiger partial charge is 0.265 e. The number of pyridine rings is 1. The molecule has 9 heteroatoms. The van der Waals surface area contributed by atoms with Gasteiger partial charge < -0.3 is 10.2 Å². The Labute approximate surface area is 193 Å². The van der Waals surface area contributed by atoms with Gasteiger partial charge in [-0.1, -0.05) is 23.7 Å². The van der Waals surface area contributed by atoms with Gasteiger partial charge in [0.05, 0.1) is 15.6 Å². The summed E-state index contributed by atoms with van der Waals surface area (Å²) in [4.78, 5) is 28.1. The molecule has 1 aliphatic rings. The predicted octanol–water partition coefficient (Wildman–Crippen LogP) is 4.72. The van der Waals surface area contributed by atoms with Crippen molar-refractivity contribution < 1.29 is 9.59 Å². The van der Waals surface area contributed by atoms with Gasteiger partial charge in [0.15, 0.2) is 5.65 Å². The van der Waals surface area contributed by atoms with Gasteiger partial charge in [-0.25, -0.2) is 0 Å². The standard InChI is InChI=1S/C23H20ClN5O2S/c24-17-9-8-15(13-18(17)25-22(30)19-6-4-12-32-19)23(31)28-10-3-5-16(14-28)21-27-26-20-7-1-2-11-29(20)21/h1-2,4,6-9,11-13,16H,3,5,10,14H2,(H,25,30). The Balaban J connectivity index is 1.35. The van der Waals surface area contributed by atoms with E-state index in [1.165, 1.54) is 11.3 Å². The van der Waals surface area contributed by atoms with Gasteiger partial charge in [-0.3, -0.25) is 14.0 Å². The number of carbonyl (C=O) groups is 2. The van der Waals surface area contributed by atoms with Crippen LogP contribution in [0.5, 0.6) is 0 Å². The van der Waals surface area contributed by atoms with E-state index in [2.05, 4.69) is 15.5 Å². The summed E-state index contributed by atoms with van der Waals surface area (Å²) in [5.74, 6) is 0.642. The quantitative estimate of drug-likeness (QED) is 0.473. The van der Waals surface area contributed by atoms with Crippen LogP contribution in [0.4, 0.5) is 5.69 Å². The zero-order valence-corrected chi connectivity index (χ0v) is 18.6. The third kappa shape index (κ3) is 3.99. The first-order chi connectivity index (χ1) is 15.6. The van der Waals surface area contributed by atoms with E-state index in [1.807, 2.05) is 45.1 Å². The van der Waals surface area contributed by atoms with Gasteiger partial charge in [-0.05, 0) is 54.6 Å². The van der Waals surface area contributed by atoms with Gasteiger partial charge in [0.2, 0.25) is 0 Å². The number of nitrogens with one attached hydrogen (secondary N) is 1. The van der Waals surface area contributed by atoms with Crippen molar-refractivity contribution in [1.82, 2.24) is 19.5 Å². The lowest BCUT2D eigenvalue weighted by Crippen LogP contribution is -2.39. The van der Waals surface area contributed by atoms with Crippen LogP contribution in [-0.2, 0) is 0 Å². The molecule has 1 aliphatic heterocycles. The number of carbonyl (C=O) groups excluding carboxylic acids is 2. The van der Waals surface area contributed by atoms with Crippen LogP contribution in [0.2, 0.25) is 5.02 Å². The fourth-order valence-corrected chi connectivity index (χ4v) is 4.82. The molecule has 0 saturated carbocycles. The Kier molecular flexibility index (Phi) is 5.63. The molecule has 0 bridgehead atoms. The predicted molar refractivity (Wildman–Crippen MR) is 125 cm³/mol. The summed E-state index contributed by atoms with van der Waals surface area (Å²) in [7, 11) is 0. The Morgan fingerprint density at radius 2 is 2.03 bits per heavy atom. The average molecular weight is 466 g/mol. The van der Waals surface area contributed by atoms with Crippen LogP contribution < -0.4 is 5.32 Å². The van der Waals surface area contributed by atoms with Gasteiger partial charge in [0.1, 0.15) is 5.82 Å². The van der Waals surface area contributed by atoms with Crippen LogP contribution >= 0.6 is 22.9 Å². The fraction of sp³-hybridized carbons (Fsp3) is 0.217. The molecule has 1 N–H and O–H groups in total. The lowest BCUT2D eigenvalue weighted by Gasteiger charge is -2.32. The Hall–Kier alpha value is -3.23. The molecule has 1 fully saturated rings. The second-order valence-electron chi connectivity index (χ2n) is 7.70. The minimum absolute atomic E-state index is 0.0909. The number of hydrogen-bond acceptors (Lipinski definition) is 5. The molecule has 5 rings (SSSR count). The summed E-state index contributed by atoms with van der Waals surface area (Å²) in [5.41, 5.74) is 1.71. The number of thiophene rings is 1. The van der Waals surface area contributed by atoms with Crippen LogP contribution in [0.1, 0.15) is 44.6 Å². The van der Waals surface area contributed by atoms with Gasteiger partial charge in [-0.2, -0.15) is 0 Å². The van der Waals surface area contributed by atoms with Gasteiger partial charge in [0, 0.05) is 30.8 Å². The molecule has 4 aromatic rings. The summed E-state index contributed by atoms with van der Waals surface area (Å²) in [6.45, 7) is 1.24. The molecule has 0 radical (unpaired) electrons. The zero-order valence-electron chi connectivity index (χ0n) is 17.1. The number of likely N-dealkylation sites (tertiary alicyclic amines) is 1. The largest absolute Gasteiger partial charge is 0.338 e. The third-order valence-corrected chi connectivity index (χ3v) is 6.82. The summed E-state index contributed by atoms with van der Waals surface area (Å²) < 4.78 is 1.99. The van der Waals surface area contributed by atoms with E-state index >= 15 is 0 Å². The number of aromatic nitrogens is 3. The monoisotopic (exact) mass is 465 g/mol. The van der Waals surface area contributed by atoms with Crippen molar-refractivity contribution in [2.45, 2.75) is 18.8 Å². The molecule has 1 unspecified atom stereocenters. The molecule has 4 heterocycles. The van der Waals surface area contributed by atoms with E-state index in [0.717, 1.165) is 24.3 Å². The van der Waals surface area contributed by atoms with Crippen molar-refractivity contribution in [1.29, 1.82) is 0 Å². The van der Waals surface area contributed by atoms with Crippen LogP contribution in [-0.4, -0.2) is 44.4 Å². The van der Waals surface area contributed by atoms with Crippen molar-refractivity contribution in [3.05, 3.63) is 81.4 Å². The highest BCUT2D eigenvalue weighted by Gasteiger charge is 2.28. The Morgan fingerprint density at radius 3 is 2.88 bits per heavy atom. The second kappa shape index (κ2) is 8.72. The molecule has 2 amide bonds. The first kappa shape index (κ1) is 20.7. The topological polar surface area (TPSA) is 79.6 Å². The molecule has 1 atom stereocenters. The first-order valence-corrected chi connectivity index (χ1v) is 11.6. The molecule has 1 aromatic carbocycles. The normalized spacial score (nSPS) is 16.3. The highest BCUT2D eigenvalue weighted by molar-refractivity contribution is 7.12. The van der Waals surface area contributed by atoms with Gasteiger partial charge in [-0.15, -0.1) is 21.5 Å². The Morgan fingerprint density at radius 1 is 1.12 bits per heavy atom. The van der Waals surface area contributed by atoms with Crippen molar-refractivity contribution in [3.8, 4) is 0 Å². The number of rotatable bonds is 4. The van der Waals surface area contributed by atoms with Crippen molar-refractivity contribution in [2.75, 3.05) is 18.4 Å². The Bertz CT molecular complexity index is 1290. The maximum Gasteiger partial charge on any atom is 0.265 e. The van der Waals surface area contributed by atoms with Crippen LogP contribution in [0.25, 0.3) is 5.65 Å². The molecule has 1 saturated heterocycles. The maximum atomic E-state index is 13.3. The number of benzene rings is 1. The van der Waals surface area contributed by atoms with E-state index in [-0.39, 0.29) is 17.7 Å². The summed E-state index contributed by atoms with van der Waals surface area (Å²) >= 11 is 7.63. The van der Waals surface area contributed by atoms with Crippen molar-refractivity contribution >= 4 is 46.1 Å². The van der Waals surface area contributed by atoms with E-state index in [4.69, 9.17) is 11.6 Å². The first-order valence-electron chi connectivity index (χ1n) is 10.3. The van der Waals surface area contributed by atoms with E-state index in [0.29, 0.717) is 34.2 Å². The average Bonchev–Trinajstić information content (AvgIpc) is 3.50. The molecule has 0 aliphatic carbocycles. The number of amides is 2. The summed E-state index contributed by atoms with van der Waals surface area (Å²) in [6.07, 6.45) is 3.78. The molecule has 162 valence electrons. The molecule has 3 aromatic heterocycles. The van der Waals surface area contributed by atoms with E-state index in [9.17, 15) is 9.59 Å². The number of halogens is 1. The number of nitrogens with zero attached hydrogens (tertiary/aromatic N) is 4. The molecular formula is C23H20ClN5O2S. The van der Waals surface area contributed by atoms with E-state index < -0.39 is 0 Å². The highest BCUT2D eigenvalue weighted by atomic mass is 35.5. The molecule has 7 nitrogen and oxygen atoms in total. The number of fused-ring (bicyclic) bond motifs is 1. The number of hydrogen-bond donors (Lipinski definition) is 1. The summed E-state index contributed by atoms with van der Waals surface area (Å²) in [6, 6.07) is 14.3. The van der Waals surface area contributed by atoms with Crippen molar-refractivity contribution in [3.63, 3.8) is 0 Å². The maximum absolute atomic E-state index is 13.3. The third-order valence-electron chi connectivity index (χ3n) is 5.62. The molecule has 0 spiro atoms. The highest BCUT2D eigenvalue weighted by Crippen LogP contribution is 2.29. The summed E-state index contributed by atoms with van der Waals surface area (Å²) in [5, 5.41) is 13.7. The SMILES string of the molecule is O=C(Nc1cc(C(=O)N2CCCC(c3nnc4ccccn34)C2)ccc1Cl)c1cccs1. The van der Waals surface area contributed by atoms with E-state index in [1.54, 1.807) is 24.3 Å². The number of piperidine rings is 1. The minimum atomic E-state index is -0.247. The van der Waals surface area contributed by atoms with Gasteiger partial charge in [0.25, 0.3) is 11.8 Å². The number of anilines is 1. The lowest BCUT2D eigenvalue weighted by atomic mass is 9.96. The van der Waals surface area contributed by atoms with Crippen LogP contribution in [0.3, 0.4) is 0 Å². The molecule has 32 heavy (non-hydrogen) atoms. The fourth-order valence-electron chi connectivity index (χ4n) is 4.04. The molecular weight excluding hydrogens is 446 g/mol. The van der Waals surface area contributed by atoms with Crippen molar-refractivity contribution in [2.24, 2.45) is 0 Å². The van der Waals surface area contributed by atoms with Gasteiger partial charge >= 0.3 is 0 Å². The minimum Gasteiger partial charge on any atom is -0.338 e. The zero-order chi connectivity index (χ0) is 22.1.